The molecule has 2 aromatic carbocycles. The first-order valence-corrected chi connectivity index (χ1v) is 10.2. The summed E-state index contributed by atoms with van der Waals surface area (Å²) in [7, 11) is 4.56. The van der Waals surface area contributed by atoms with Crippen molar-refractivity contribution in [2.75, 3.05) is 21.3 Å². The van der Waals surface area contributed by atoms with Crippen LogP contribution in [0, 0.1) is 20.8 Å². The third-order valence-corrected chi connectivity index (χ3v) is 6.42. The number of ether oxygens (including phenoxy) is 5. The molecule has 2 aliphatic rings. The standard InChI is InChI=1S/C24H28O6/c1-12-13(2)22-20(16-8-7-9-17(16)29-22)14(3)21(12)30-24(25)15-10-18(26-4)23(28-6)19(11-15)27-5/h10-11,16-17H,7-9H2,1-6H3/t16-,17+/m1/s1. The van der Waals surface area contributed by atoms with Crippen molar-refractivity contribution in [1.29, 1.82) is 0 Å². The van der Waals surface area contributed by atoms with Crippen LogP contribution in [0.15, 0.2) is 12.1 Å². The van der Waals surface area contributed by atoms with Gasteiger partial charge in [-0.25, -0.2) is 4.79 Å². The van der Waals surface area contributed by atoms with Crippen LogP contribution in [0.1, 0.15) is 57.8 Å². The minimum absolute atomic E-state index is 0.248. The number of rotatable bonds is 5. The van der Waals surface area contributed by atoms with E-state index >= 15 is 0 Å². The van der Waals surface area contributed by atoms with Gasteiger partial charge in [0.1, 0.15) is 17.6 Å². The van der Waals surface area contributed by atoms with Gasteiger partial charge in [-0.3, -0.25) is 0 Å². The predicted octanol–water partition coefficient (Wildman–Crippen LogP) is 4.89. The molecule has 2 atom stereocenters. The fraction of sp³-hybridized carbons (Fsp3) is 0.458. The van der Waals surface area contributed by atoms with Gasteiger partial charge in [0.25, 0.3) is 0 Å². The van der Waals surface area contributed by atoms with Gasteiger partial charge in [0, 0.05) is 11.5 Å². The zero-order valence-corrected chi connectivity index (χ0v) is 18.4. The third kappa shape index (κ3) is 3.06. The number of hydrogen-bond donors (Lipinski definition) is 0. The van der Waals surface area contributed by atoms with Crippen LogP contribution < -0.4 is 23.7 Å². The van der Waals surface area contributed by atoms with Crippen molar-refractivity contribution < 1.29 is 28.5 Å². The summed E-state index contributed by atoms with van der Waals surface area (Å²) in [4.78, 5) is 13.1. The lowest BCUT2D eigenvalue weighted by Gasteiger charge is -2.19. The van der Waals surface area contributed by atoms with Crippen molar-refractivity contribution in [1.82, 2.24) is 0 Å². The van der Waals surface area contributed by atoms with Gasteiger partial charge in [0.15, 0.2) is 11.5 Å². The topological polar surface area (TPSA) is 63.2 Å². The molecular weight excluding hydrogens is 384 g/mol. The van der Waals surface area contributed by atoms with Crippen LogP contribution in [0.5, 0.6) is 28.7 Å². The molecule has 1 aliphatic heterocycles. The van der Waals surface area contributed by atoms with Crippen LogP contribution in [-0.2, 0) is 0 Å². The van der Waals surface area contributed by atoms with Gasteiger partial charge in [-0.2, -0.15) is 0 Å². The van der Waals surface area contributed by atoms with Crippen molar-refractivity contribution in [2.45, 2.75) is 52.1 Å². The van der Waals surface area contributed by atoms with E-state index in [1.165, 1.54) is 33.3 Å². The maximum atomic E-state index is 13.1. The average Bonchev–Trinajstić information content (AvgIpc) is 3.35. The van der Waals surface area contributed by atoms with Crippen LogP contribution in [0.4, 0.5) is 0 Å². The van der Waals surface area contributed by atoms with Crippen molar-refractivity contribution in [3.63, 3.8) is 0 Å². The highest BCUT2D eigenvalue weighted by Crippen LogP contribution is 2.53. The van der Waals surface area contributed by atoms with E-state index < -0.39 is 5.97 Å². The van der Waals surface area contributed by atoms with Gasteiger partial charge in [-0.15, -0.1) is 0 Å². The largest absolute Gasteiger partial charge is 0.493 e. The second kappa shape index (κ2) is 7.74. The predicted molar refractivity (Wildman–Crippen MR) is 113 cm³/mol. The van der Waals surface area contributed by atoms with E-state index in [9.17, 15) is 4.79 Å². The number of methoxy groups -OCH3 is 3. The average molecular weight is 412 g/mol. The van der Waals surface area contributed by atoms with E-state index in [1.807, 2.05) is 20.8 Å². The number of esters is 1. The molecule has 160 valence electrons. The summed E-state index contributed by atoms with van der Waals surface area (Å²) in [6, 6.07) is 3.20. The Hall–Kier alpha value is -2.89. The SMILES string of the molecule is COc1cc(C(=O)Oc2c(C)c(C)c3c(c2C)[C@@H]2CCC[C@@H]2O3)cc(OC)c1OC. The molecule has 1 fully saturated rings. The first-order chi connectivity index (χ1) is 14.4. The summed E-state index contributed by atoms with van der Waals surface area (Å²) in [5, 5.41) is 0. The molecular formula is C24H28O6. The monoisotopic (exact) mass is 412 g/mol. The van der Waals surface area contributed by atoms with Crippen LogP contribution >= 0.6 is 0 Å². The van der Waals surface area contributed by atoms with Crippen LogP contribution in [0.25, 0.3) is 0 Å². The Labute approximate surface area is 177 Å². The van der Waals surface area contributed by atoms with Crippen LogP contribution in [0.3, 0.4) is 0 Å². The molecule has 0 amide bonds. The number of carbonyl (C=O) groups excluding carboxylic acids is 1. The van der Waals surface area contributed by atoms with E-state index in [1.54, 1.807) is 12.1 Å². The molecule has 2 aromatic rings. The molecule has 30 heavy (non-hydrogen) atoms. The van der Waals surface area contributed by atoms with Crippen LogP contribution in [-0.4, -0.2) is 33.4 Å². The molecule has 1 heterocycles. The molecule has 1 saturated carbocycles. The Morgan fingerprint density at radius 3 is 2.17 bits per heavy atom. The zero-order chi connectivity index (χ0) is 21.6. The quantitative estimate of drug-likeness (QED) is 0.515. The summed E-state index contributed by atoms with van der Waals surface area (Å²) in [6.45, 7) is 6.02. The first kappa shape index (κ1) is 20.4. The summed E-state index contributed by atoms with van der Waals surface area (Å²) in [5.41, 5.74) is 4.48. The molecule has 0 spiro atoms. The minimum atomic E-state index is -0.471. The molecule has 0 bridgehead atoms. The van der Waals surface area contributed by atoms with Crippen molar-refractivity contribution >= 4 is 5.97 Å². The highest BCUT2D eigenvalue weighted by Gasteiger charge is 2.41. The maximum Gasteiger partial charge on any atom is 0.343 e. The molecule has 6 heteroatoms. The van der Waals surface area contributed by atoms with Crippen LogP contribution in [0.2, 0.25) is 0 Å². The number of hydrogen-bond acceptors (Lipinski definition) is 6. The van der Waals surface area contributed by atoms with Crippen molar-refractivity contribution in [2.24, 2.45) is 0 Å². The van der Waals surface area contributed by atoms with Gasteiger partial charge in [0.2, 0.25) is 5.75 Å². The molecule has 1 aliphatic carbocycles. The zero-order valence-electron chi connectivity index (χ0n) is 18.4. The summed E-state index contributed by atoms with van der Waals surface area (Å²) in [5.74, 6) is 2.75. The Morgan fingerprint density at radius 2 is 1.57 bits per heavy atom. The van der Waals surface area contributed by atoms with E-state index in [0.29, 0.717) is 34.5 Å². The van der Waals surface area contributed by atoms with E-state index in [-0.39, 0.29) is 6.10 Å². The van der Waals surface area contributed by atoms with Crippen molar-refractivity contribution in [3.05, 3.63) is 39.9 Å². The highest BCUT2D eigenvalue weighted by molar-refractivity contribution is 5.93. The molecule has 0 unspecified atom stereocenters. The third-order valence-electron chi connectivity index (χ3n) is 6.42. The Morgan fingerprint density at radius 1 is 0.900 bits per heavy atom. The molecule has 0 N–H and O–H groups in total. The van der Waals surface area contributed by atoms with E-state index in [4.69, 9.17) is 23.7 Å². The second-order valence-electron chi connectivity index (χ2n) is 7.94. The van der Waals surface area contributed by atoms with Gasteiger partial charge < -0.3 is 23.7 Å². The smallest absolute Gasteiger partial charge is 0.343 e. The van der Waals surface area contributed by atoms with E-state index in [0.717, 1.165) is 35.3 Å². The highest BCUT2D eigenvalue weighted by atomic mass is 16.5. The lowest BCUT2D eigenvalue weighted by molar-refractivity contribution is 0.0731. The van der Waals surface area contributed by atoms with Gasteiger partial charge in [-0.05, 0) is 68.9 Å². The van der Waals surface area contributed by atoms with Gasteiger partial charge >= 0.3 is 5.97 Å². The Kier molecular flexibility index (Phi) is 5.26. The van der Waals surface area contributed by atoms with Crippen molar-refractivity contribution in [3.8, 4) is 28.7 Å². The van der Waals surface area contributed by atoms with Gasteiger partial charge in [0.05, 0.1) is 26.9 Å². The normalized spacial score (nSPS) is 19.0. The lowest BCUT2D eigenvalue weighted by atomic mass is 9.89. The number of carbonyl (C=O) groups is 1. The Bertz CT molecular complexity index is 984. The molecule has 4 rings (SSSR count). The molecule has 0 saturated heterocycles. The lowest BCUT2D eigenvalue weighted by Crippen LogP contribution is -2.13. The summed E-state index contributed by atoms with van der Waals surface area (Å²) in [6.07, 6.45) is 3.61. The fourth-order valence-electron chi connectivity index (χ4n) is 4.77. The summed E-state index contributed by atoms with van der Waals surface area (Å²) >= 11 is 0. The summed E-state index contributed by atoms with van der Waals surface area (Å²) < 4.78 is 28.3. The number of fused-ring (bicyclic) bond motifs is 3. The minimum Gasteiger partial charge on any atom is -0.493 e. The molecule has 0 radical (unpaired) electrons. The van der Waals surface area contributed by atoms with Gasteiger partial charge in [-0.1, -0.05) is 0 Å². The first-order valence-electron chi connectivity index (χ1n) is 10.2. The maximum absolute atomic E-state index is 13.1. The second-order valence-corrected chi connectivity index (χ2v) is 7.94. The van der Waals surface area contributed by atoms with E-state index in [2.05, 4.69) is 0 Å². The Balaban J connectivity index is 1.73. The molecule has 0 aromatic heterocycles. The molecule has 6 nitrogen and oxygen atoms in total. The number of benzene rings is 2. The fourth-order valence-corrected chi connectivity index (χ4v) is 4.77.